The molecule has 4 heteroatoms. The average molecular weight is 365 g/mol. The van der Waals surface area contributed by atoms with E-state index in [4.69, 9.17) is 4.74 Å². The van der Waals surface area contributed by atoms with Crippen molar-refractivity contribution in [2.45, 2.75) is 0 Å². The van der Waals surface area contributed by atoms with Crippen LogP contribution in [-0.4, -0.2) is 11.8 Å². The molecule has 4 aromatic rings. The standard InChI is InChI=1S/C24H15NO3/c26-23-21-7-3-4-8-22(21)24(27)25(23)18-10-13-19(14-11-18)28-20-12-9-16-5-1-2-6-17(16)15-20/h1-15H. The molecule has 1 aliphatic heterocycles. The van der Waals surface area contributed by atoms with Crippen LogP contribution < -0.4 is 9.64 Å². The number of hydrogen-bond acceptors (Lipinski definition) is 3. The van der Waals surface area contributed by atoms with E-state index in [9.17, 15) is 9.59 Å². The highest BCUT2D eigenvalue weighted by atomic mass is 16.5. The normalized spacial score (nSPS) is 13.1. The fourth-order valence-electron chi connectivity index (χ4n) is 3.45. The van der Waals surface area contributed by atoms with Gasteiger partial charge in [-0.1, -0.05) is 42.5 Å². The van der Waals surface area contributed by atoms with Gasteiger partial charge in [0.2, 0.25) is 0 Å². The van der Waals surface area contributed by atoms with Crippen LogP contribution in [0.3, 0.4) is 0 Å². The van der Waals surface area contributed by atoms with Crippen LogP contribution in [0.15, 0.2) is 91.0 Å². The van der Waals surface area contributed by atoms with Crippen molar-refractivity contribution in [2.24, 2.45) is 0 Å². The number of rotatable bonds is 3. The second-order valence-electron chi connectivity index (χ2n) is 6.60. The van der Waals surface area contributed by atoms with Gasteiger partial charge in [-0.3, -0.25) is 9.59 Å². The van der Waals surface area contributed by atoms with Crippen LogP contribution >= 0.6 is 0 Å². The number of ether oxygens (including phenoxy) is 1. The molecule has 0 N–H and O–H groups in total. The maximum atomic E-state index is 12.6. The predicted octanol–water partition coefficient (Wildman–Crippen LogP) is 5.43. The zero-order chi connectivity index (χ0) is 19.1. The minimum absolute atomic E-state index is 0.302. The van der Waals surface area contributed by atoms with Crippen LogP contribution in [0.2, 0.25) is 0 Å². The summed E-state index contributed by atoms with van der Waals surface area (Å²) in [5.74, 6) is 0.760. The number of imide groups is 1. The third kappa shape index (κ3) is 2.63. The third-order valence-electron chi connectivity index (χ3n) is 4.85. The van der Waals surface area contributed by atoms with Crippen LogP contribution in [0.4, 0.5) is 5.69 Å². The summed E-state index contributed by atoms with van der Waals surface area (Å²) in [6.45, 7) is 0. The lowest BCUT2D eigenvalue weighted by atomic mass is 10.1. The number of carbonyl (C=O) groups excluding carboxylic acids is 2. The van der Waals surface area contributed by atoms with Gasteiger partial charge in [0.15, 0.2) is 0 Å². The zero-order valence-electron chi connectivity index (χ0n) is 14.8. The van der Waals surface area contributed by atoms with Crippen molar-refractivity contribution < 1.29 is 14.3 Å². The molecule has 0 unspecified atom stereocenters. The van der Waals surface area contributed by atoms with Crippen LogP contribution in [0.5, 0.6) is 11.5 Å². The minimum atomic E-state index is -0.302. The molecule has 0 fully saturated rings. The highest BCUT2D eigenvalue weighted by Gasteiger charge is 2.36. The van der Waals surface area contributed by atoms with Crippen molar-refractivity contribution in [1.82, 2.24) is 0 Å². The van der Waals surface area contributed by atoms with Gasteiger partial charge in [0.25, 0.3) is 11.8 Å². The first-order valence-corrected chi connectivity index (χ1v) is 8.95. The van der Waals surface area contributed by atoms with E-state index in [0.29, 0.717) is 22.6 Å². The molecule has 0 saturated heterocycles. The summed E-state index contributed by atoms with van der Waals surface area (Å²) in [4.78, 5) is 26.4. The van der Waals surface area contributed by atoms with Gasteiger partial charge < -0.3 is 4.74 Å². The highest BCUT2D eigenvalue weighted by Crippen LogP contribution is 2.31. The lowest BCUT2D eigenvalue weighted by molar-refractivity contribution is 0.0926. The number of nitrogens with zero attached hydrogens (tertiary/aromatic N) is 1. The Kier molecular flexibility index (Phi) is 3.69. The Bertz CT molecular complexity index is 1190. The lowest BCUT2D eigenvalue weighted by Gasteiger charge is -2.14. The van der Waals surface area contributed by atoms with E-state index in [0.717, 1.165) is 16.5 Å². The Morgan fingerprint density at radius 2 is 1.14 bits per heavy atom. The Hall–Kier alpha value is -3.92. The lowest BCUT2D eigenvalue weighted by Crippen LogP contribution is -2.29. The van der Waals surface area contributed by atoms with E-state index >= 15 is 0 Å². The molecule has 134 valence electrons. The molecule has 4 aromatic carbocycles. The first-order valence-electron chi connectivity index (χ1n) is 8.95. The molecule has 5 rings (SSSR count). The number of hydrogen-bond donors (Lipinski definition) is 0. The van der Waals surface area contributed by atoms with Crippen LogP contribution in [-0.2, 0) is 0 Å². The average Bonchev–Trinajstić information content (AvgIpc) is 2.99. The first-order chi connectivity index (χ1) is 13.7. The highest BCUT2D eigenvalue weighted by molar-refractivity contribution is 6.34. The van der Waals surface area contributed by atoms with Crippen molar-refractivity contribution in [3.63, 3.8) is 0 Å². The van der Waals surface area contributed by atoms with Crippen molar-refractivity contribution in [3.05, 3.63) is 102 Å². The minimum Gasteiger partial charge on any atom is -0.457 e. The third-order valence-corrected chi connectivity index (χ3v) is 4.85. The molecule has 0 saturated carbocycles. The van der Waals surface area contributed by atoms with E-state index < -0.39 is 0 Å². The summed E-state index contributed by atoms with van der Waals surface area (Å²) in [6, 6.07) is 27.8. The molecule has 0 bridgehead atoms. The van der Waals surface area contributed by atoms with Crippen molar-refractivity contribution in [2.75, 3.05) is 4.90 Å². The Balaban J connectivity index is 1.40. The maximum absolute atomic E-state index is 12.6. The van der Waals surface area contributed by atoms with Crippen molar-refractivity contribution >= 4 is 28.3 Å². The van der Waals surface area contributed by atoms with Crippen molar-refractivity contribution in [1.29, 1.82) is 0 Å². The molecule has 2 amide bonds. The molecule has 28 heavy (non-hydrogen) atoms. The van der Waals surface area contributed by atoms with Gasteiger partial charge in [0.05, 0.1) is 16.8 Å². The summed E-state index contributed by atoms with van der Waals surface area (Å²) in [6.07, 6.45) is 0. The summed E-state index contributed by atoms with van der Waals surface area (Å²) >= 11 is 0. The number of anilines is 1. The predicted molar refractivity (Wildman–Crippen MR) is 108 cm³/mol. The topological polar surface area (TPSA) is 46.6 Å². The van der Waals surface area contributed by atoms with Gasteiger partial charge in [-0.15, -0.1) is 0 Å². The van der Waals surface area contributed by atoms with Gasteiger partial charge in [0, 0.05) is 0 Å². The van der Waals surface area contributed by atoms with E-state index in [1.54, 1.807) is 48.5 Å². The SMILES string of the molecule is O=C1c2ccccc2C(=O)N1c1ccc(Oc2ccc3ccccc3c2)cc1. The maximum Gasteiger partial charge on any atom is 0.266 e. The molecule has 1 aliphatic rings. The van der Waals surface area contributed by atoms with Gasteiger partial charge in [-0.05, 0) is 59.3 Å². The second-order valence-corrected chi connectivity index (χ2v) is 6.60. The molecule has 1 heterocycles. The summed E-state index contributed by atoms with van der Waals surface area (Å²) in [5, 5.41) is 2.25. The second kappa shape index (κ2) is 6.35. The number of amides is 2. The van der Waals surface area contributed by atoms with E-state index in [1.807, 2.05) is 36.4 Å². The molecule has 0 atom stereocenters. The van der Waals surface area contributed by atoms with E-state index in [2.05, 4.69) is 6.07 Å². The van der Waals surface area contributed by atoms with Gasteiger partial charge >= 0.3 is 0 Å². The molecule has 0 aliphatic carbocycles. The summed E-state index contributed by atoms with van der Waals surface area (Å²) in [5.41, 5.74) is 1.39. The van der Waals surface area contributed by atoms with Crippen LogP contribution in [0.1, 0.15) is 20.7 Å². The molecule has 4 nitrogen and oxygen atoms in total. The number of fused-ring (bicyclic) bond motifs is 2. The Morgan fingerprint density at radius 1 is 0.571 bits per heavy atom. The van der Waals surface area contributed by atoms with Crippen LogP contribution in [0, 0.1) is 0 Å². The molecular formula is C24H15NO3. The van der Waals surface area contributed by atoms with E-state index in [1.165, 1.54) is 4.90 Å². The van der Waals surface area contributed by atoms with Crippen molar-refractivity contribution in [3.8, 4) is 11.5 Å². The first kappa shape index (κ1) is 16.3. The quantitative estimate of drug-likeness (QED) is 0.455. The smallest absolute Gasteiger partial charge is 0.266 e. The Morgan fingerprint density at radius 3 is 1.82 bits per heavy atom. The monoisotopic (exact) mass is 365 g/mol. The fourth-order valence-corrected chi connectivity index (χ4v) is 3.45. The van der Waals surface area contributed by atoms with Crippen LogP contribution in [0.25, 0.3) is 10.8 Å². The van der Waals surface area contributed by atoms with Gasteiger partial charge in [-0.25, -0.2) is 4.90 Å². The molecule has 0 spiro atoms. The number of benzene rings is 4. The Labute approximate surface area is 161 Å². The fraction of sp³-hybridized carbons (Fsp3) is 0. The number of carbonyl (C=O) groups is 2. The summed E-state index contributed by atoms with van der Waals surface area (Å²) < 4.78 is 5.93. The molecule has 0 radical (unpaired) electrons. The molecule has 0 aromatic heterocycles. The molecular weight excluding hydrogens is 350 g/mol. The van der Waals surface area contributed by atoms with E-state index in [-0.39, 0.29) is 11.8 Å². The largest absolute Gasteiger partial charge is 0.457 e. The zero-order valence-corrected chi connectivity index (χ0v) is 14.8. The summed E-state index contributed by atoms with van der Waals surface area (Å²) in [7, 11) is 0. The van der Waals surface area contributed by atoms with Gasteiger partial charge in [-0.2, -0.15) is 0 Å². The van der Waals surface area contributed by atoms with Gasteiger partial charge in [0.1, 0.15) is 11.5 Å².